The van der Waals surface area contributed by atoms with E-state index in [1.807, 2.05) is 0 Å². The van der Waals surface area contributed by atoms with Crippen LogP contribution in [0.5, 0.6) is 0 Å². The highest BCUT2D eigenvalue weighted by Crippen LogP contribution is 2.33. The lowest BCUT2D eigenvalue weighted by atomic mass is 10.1. The van der Waals surface area contributed by atoms with Crippen molar-refractivity contribution in [3.8, 4) is 0 Å². The van der Waals surface area contributed by atoms with Gasteiger partial charge in [-0.05, 0) is 48.4 Å². The van der Waals surface area contributed by atoms with Gasteiger partial charge in [0.2, 0.25) is 11.8 Å². The molecule has 1 atom stereocenters. The standard InChI is InChI=1S/C27H27ClF3N3O4S/c1-3-24(26(36)32-2)33(17-19-10-7-8-15-23(19)28)25(35)18-34(39(37,38)22-13-5-4-6-14-22)21-12-9-11-20(16-21)27(29,30)31/h4-16,24H,3,17-18H2,1-2H3,(H,32,36). The summed E-state index contributed by atoms with van der Waals surface area (Å²) < 4.78 is 68.5. The second kappa shape index (κ2) is 12.5. The van der Waals surface area contributed by atoms with Crippen LogP contribution < -0.4 is 9.62 Å². The van der Waals surface area contributed by atoms with E-state index in [1.54, 1.807) is 37.3 Å². The van der Waals surface area contributed by atoms with Crippen LogP contribution >= 0.6 is 11.6 Å². The number of nitrogens with zero attached hydrogens (tertiary/aromatic N) is 2. The Kier molecular flexibility index (Phi) is 9.63. The number of carbonyl (C=O) groups is 2. The average Bonchev–Trinajstić information content (AvgIpc) is 2.92. The van der Waals surface area contributed by atoms with Crippen LogP contribution in [0.1, 0.15) is 24.5 Å². The van der Waals surface area contributed by atoms with Gasteiger partial charge in [-0.3, -0.25) is 13.9 Å². The van der Waals surface area contributed by atoms with Crippen molar-refractivity contribution >= 4 is 39.1 Å². The fraction of sp³-hybridized carbons (Fsp3) is 0.259. The summed E-state index contributed by atoms with van der Waals surface area (Å²) in [5, 5.41) is 2.82. The van der Waals surface area contributed by atoms with Crippen LogP contribution in [-0.2, 0) is 32.3 Å². The van der Waals surface area contributed by atoms with E-state index in [-0.39, 0.29) is 23.5 Å². The molecule has 0 aromatic heterocycles. The van der Waals surface area contributed by atoms with E-state index in [2.05, 4.69) is 5.32 Å². The summed E-state index contributed by atoms with van der Waals surface area (Å²) in [6.45, 7) is 0.681. The van der Waals surface area contributed by atoms with Crippen molar-refractivity contribution in [1.82, 2.24) is 10.2 Å². The third-order valence-corrected chi connectivity index (χ3v) is 8.16. The molecule has 0 saturated heterocycles. The van der Waals surface area contributed by atoms with Gasteiger partial charge in [0.1, 0.15) is 12.6 Å². The number of alkyl halides is 3. The molecule has 1 unspecified atom stereocenters. The molecule has 0 heterocycles. The quantitative estimate of drug-likeness (QED) is 0.361. The number of sulfonamides is 1. The van der Waals surface area contributed by atoms with Gasteiger partial charge in [0.05, 0.1) is 16.1 Å². The highest BCUT2D eigenvalue weighted by Gasteiger charge is 2.35. The first-order valence-corrected chi connectivity index (χ1v) is 13.7. The van der Waals surface area contributed by atoms with Gasteiger partial charge in [0.15, 0.2) is 0 Å². The molecule has 3 aromatic rings. The molecule has 0 aliphatic rings. The van der Waals surface area contributed by atoms with E-state index in [0.29, 0.717) is 21.0 Å². The molecule has 0 spiro atoms. The molecule has 1 N–H and O–H groups in total. The van der Waals surface area contributed by atoms with Crippen LogP contribution in [0.3, 0.4) is 0 Å². The number of amides is 2. The molecular weight excluding hydrogens is 555 g/mol. The Morgan fingerprint density at radius 1 is 0.974 bits per heavy atom. The van der Waals surface area contributed by atoms with Crippen molar-refractivity contribution in [3.05, 3.63) is 95.0 Å². The Balaban J connectivity index is 2.12. The van der Waals surface area contributed by atoms with Gasteiger partial charge in [0, 0.05) is 18.6 Å². The normalized spacial score (nSPS) is 12.5. The first-order valence-electron chi connectivity index (χ1n) is 11.9. The third-order valence-electron chi connectivity index (χ3n) is 6.00. The van der Waals surface area contributed by atoms with Crippen LogP contribution in [-0.4, -0.2) is 44.8 Å². The zero-order chi connectivity index (χ0) is 28.8. The third kappa shape index (κ3) is 7.10. The summed E-state index contributed by atoms with van der Waals surface area (Å²) in [7, 11) is -3.09. The zero-order valence-electron chi connectivity index (χ0n) is 21.2. The zero-order valence-corrected chi connectivity index (χ0v) is 22.7. The molecular formula is C27H27ClF3N3O4S. The molecule has 208 valence electrons. The van der Waals surface area contributed by atoms with Gasteiger partial charge in [-0.1, -0.05) is 61.0 Å². The molecule has 0 aliphatic heterocycles. The van der Waals surface area contributed by atoms with Gasteiger partial charge < -0.3 is 10.2 Å². The number of halogens is 4. The number of hydrogen-bond donors (Lipinski definition) is 1. The van der Waals surface area contributed by atoms with Gasteiger partial charge in [-0.25, -0.2) is 8.42 Å². The number of nitrogens with one attached hydrogen (secondary N) is 1. The predicted octanol–water partition coefficient (Wildman–Crippen LogP) is 5.11. The highest BCUT2D eigenvalue weighted by molar-refractivity contribution is 7.92. The summed E-state index contributed by atoms with van der Waals surface area (Å²) in [6, 6.07) is 16.4. The maximum atomic E-state index is 13.8. The number of benzene rings is 3. The molecule has 0 aliphatic carbocycles. The van der Waals surface area contributed by atoms with Gasteiger partial charge in [-0.2, -0.15) is 13.2 Å². The number of carbonyl (C=O) groups excluding carboxylic acids is 2. The van der Waals surface area contributed by atoms with Crippen LogP contribution in [0.4, 0.5) is 18.9 Å². The van der Waals surface area contributed by atoms with E-state index in [0.717, 1.165) is 12.1 Å². The van der Waals surface area contributed by atoms with E-state index >= 15 is 0 Å². The predicted molar refractivity (Wildman–Crippen MR) is 143 cm³/mol. The molecule has 0 radical (unpaired) electrons. The number of hydrogen-bond acceptors (Lipinski definition) is 4. The average molecular weight is 582 g/mol. The minimum atomic E-state index is -4.75. The summed E-state index contributed by atoms with van der Waals surface area (Å²) >= 11 is 6.30. The van der Waals surface area contributed by atoms with E-state index in [4.69, 9.17) is 11.6 Å². The summed E-state index contributed by atoms with van der Waals surface area (Å²) in [5.74, 6) is -1.29. The largest absolute Gasteiger partial charge is 0.416 e. The van der Waals surface area contributed by atoms with Crippen LogP contribution in [0.15, 0.2) is 83.8 Å². The molecule has 0 fully saturated rings. The number of likely N-dealkylation sites (N-methyl/N-ethyl adjacent to an activating group) is 1. The molecule has 7 nitrogen and oxygen atoms in total. The Hall–Kier alpha value is -3.57. The highest BCUT2D eigenvalue weighted by atomic mass is 35.5. The first kappa shape index (κ1) is 30.0. The molecule has 2 amide bonds. The molecule has 0 saturated carbocycles. The number of rotatable bonds is 10. The molecule has 0 bridgehead atoms. The van der Waals surface area contributed by atoms with E-state index in [9.17, 15) is 31.2 Å². The van der Waals surface area contributed by atoms with Crippen molar-refractivity contribution in [3.63, 3.8) is 0 Å². The van der Waals surface area contributed by atoms with Crippen molar-refractivity contribution in [2.45, 2.75) is 37.0 Å². The van der Waals surface area contributed by atoms with Crippen LogP contribution in [0.2, 0.25) is 5.02 Å². The van der Waals surface area contributed by atoms with Gasteiger partial charge in [0.25, 0.3) is 10.0 Å². The minimum absolute atomic E-state index is 0.133. The smallest absolute Gasteiger partial charge is 0.357 e. The van der Waals surface area contributed by atoms with Gasteiger partial charge >= 0.3 is 6.18 Å². The minimum Gasteiger partial charge on any atom is -0.357 e. The molecule has 3 aromatic carbocycles. The summed E-state index contributed by atoms with van der Waals surface area (Å²) in [4.78, 5) is 27.5. The SMILES string of the molecule is CCC(C(=O)NC)N(Cc1ccccc1Cl)C(=O)CN(c1cccc(C(F)(F)F)c1)S(=O)(=O)c1ccccc1. The van der Waals surface area contributed by atoms with Crippen molar-refractivity contribution in [1.29, 1.82) is 0 Å². The maximum absolute atomic E-state index is 13.8. The maximum Gasteiger partial charge on any atom is 0.416 e. The van der Waals surface area contributed by atoms with Gasteiger partial charge in [-0.15, -0.1) is 0 Å². The molecule has 39 heavy (non-hydrogen) atoms. The topological polar surface area (TPSA) is 86.8 Å². The fourth-order valence-electron chi connectivity index (χ4n) is 3.98. The van der Waals surface area contributed by atoms with Crippen LogP contribution in [0.25, 0.3) is 0 Å². The van der Waals surface area contributed by atoms with E-state index in [1.165, 1.54) is 42.3 Å². The Morgan fingerprint density at radius 2 is 1.62 bits per heavy atom. The van der Waals surface area contributed by atoms with E-state index < -0.39 is 46.2 Å². The van der Waals surface area contributed by atoms with Crippen molar-refractivity contribution in [2.75, 3.05) is 17.9 Å². The second-order valence-electron chi connectivity index (χ2n) is 8.52. The van der Waals surface area contributed by atoms with Crippen molar-refractivity contribution < 1.29 is 31.2 Å². The lowest BCUT2D eigenvalue weighted by Gasteiger charge is -2.33. The Morgan fingerprint density at radius 3 is 2.21 bits per heavy atom. The number of anilines is 1. The Labute approximate surface area is 230 Å². The summed E-state index contributed by atoms with van der Waals surface area (Å²) in [6.07, 6.45) is -4.56. The molecule has 3 rings (SSSR count). The van der Waals surface area contributed by atoms with Crippen LogP contribution in [0, 0.1) is 0 Å². The lowest BCUT2D eigenvalue weighted by Crippen LogP contribution is -2.51. The monoisotopic (exact) mass is 581 g/mol. The summed E-state index contributed by atoms with van der Waals surface area (Å²) in [5.41, 5.74) is -0.926. The second-order valence-corrected chi connectivity index (χ2v) is 10.8. The first-order chi connectivity index (χ1) is 18.4. The Bertz CT molecular complexity index is 1420. The fourth-order valence-corrected chi connectivity index (χ4v) is 5.60. The van der Waals surface area contributed by atoms with Crippen molar-refractivity contribution in [2.24, 2.45) is 0 Å². The molecule has 12 heteroatoms. The lowest BCUT2D eigenvalue weighted by molar-refractivity contribution is -0.140.